The summed E-state index contributed by atoms with van der Waals surface area (Å²) in [6.07, 6.45) is 2.74. The van der Waals surface area contributed by atoms with E-state index in [9.17, 15) is 0 Å². The maximum absolute atomic E-state index is 2.38. The largest absolute Gasteiger partial charge is 0.147 e. The molecule has 1 saturated heterocycles. The van der Waals surface area contributed by atoms with Gasteiger partial charge in [-0.15, -0.1) is 23.5 Å². The van der Waals surface area contributed by atoms with Crippen molar-refractivity contribution in [3.63, 3.8) is 0 Å². The molecule has 0 unspecified atom stereocenters. The van der Waals surface area contributed by atoms with Crippen molar-refractivity contribution in [1.82, 2.24) is 0 Å². The summed E-state index contributed by atoms with van der Waals surface area (Å²) in [5.74, 6) is 3.63. The van der Waals surface area contributed by atoms with Crippen molar-refractivity contribution in [3.8, 4) is 0 Å². The molecule has 0 aromatic heterocycles. The molecule has 0 radical (unpaired) electrons. The highest BCUT2D eigenvalue weighted by atomic mass is 32.2. The summed E-state index contributed by atoms with van der Waals surface area (Å²) < 4.78 is 0.859. The van der Waals surface area contributed by atoms with Crippen LogP contribution in [-0.4, -0.2) is 16.1 Å². The molecule has 0 spiro atoms. The quantitative estimate of drug-likeness (QED) is 0.662. The highest BCUT2D eigenvalue weighted by Gasteiger charge is 2.30. The highest BCUT2D eigenvalue weighted by Crippen LogP contribution is 2.43. The van der Waals surface area contributed by atoms with Crippen molar-refractivity contribution in [1.29, 1.82) is 0 Å². The molecule has 0 N–H and O–H groups in total. The zero-order valence-electron chi connectivity index (χ0n) is 11.8. The van der Waals surface area contributed by atoms with E-state index >= 15 is 0 Å². The Bertz CT molecular complexity index is 202. The first-order chi connectivity index (χ1) is 7.18. The molecule has 0 aromatic carbocycles. The molecule has 0 atom stereocenters. The normalized spacial score (nSPS) is 28.1. The second kappa shape index (κ2) is 5.56. The molecule has 0 bridgehead atoms. The Kier molecular flexibility index (Phi) is 5.13. The Morgan fingerprint density at radius 2 is 1.44 bits per heavy atom. The summed E-state index contributed by atoms with van der Waals surface area (Å²) >= 11 is 4.40. The molecule has 0 saturated carbocycles. The van der Waals surface area contributed by atoms with Gasteiger partial charge in [-0.1, -0.05) is 41.5 Å². The first-order valence-electron chi connectivity index (χ1n) is 6.42. The Morgan fingerprint density at radius 3 is 1.81 bits per heavy atom. The van der Waals surface area contributed by atoms with Gasteiger partial charge in [0.05, 0.1) is 4.58 Å². The van der Waals surface area contributed by atoms with Gasteiger partial charge in [0.25, 0.3) is 0 Å². The lowest BCUT2D eigenvalue weighted by Crippen LogP contribution is -2.29. The minimum absolute atomic E-state index is 0.495. The molecule has 1 aliphatic heterocycles. The van der Waals surface area contributed by atoms with Gasteiger partial charge in [0.2, 0.25) is 0 Å². The fourth-order valence-corrected chi connectivity index (χ4v) is 5.46. The summed E-state index contributed by atoms with van der Waals surface area (Å²) in [7, 11) is 0. The van der Waals surface area contributed by atoms with Crippen molar-refractivity contribution in [2.45, 2.75) is 59.0 Å². The van der Waals surface area contributed by atoms with Gasteiger partial charge in [0.15, 0.2) is 0 Å². The van der Waals surface area contributed by atoms with Gasteiger partial charge in [-0.05, 0) is 41.1 Å². The summed E-state index contributed by atoms with van der Waals surface area (Å²) in [4.78, 5) is 0. The third-order valence-electron chi connectivity index (χ3n) is 3.32. The lowest BCUT2D eigenvalue weighted by atomic mass is 9.83. The third-order valence-corrected chi connectivity index (χ3v) is 6.54. The Morgan fingerprint density at radius 1 is 0.938 bits per heavy atom. The van der Waals surface area contributed by atoms with Crippen molar-refractivity contribution >= 4 is 23.5 Å². The van der Waals surface area contributed by atoms with E-state index in [0.29, 0.717) is 10.8 Å². The smallest absolute Gasteiger partial charge is 0.0502 e. The van der Waals surface area contributed by atoms with Gasteiger partial charge in [0.1, 0.15) is 0 Å². The molecular weight excluding hydrogens is 232 g/mol. The van der Waals surface area contributed by atoms with Crippen molar-refractivity contribution in [2.75, 3.05) is 11.5 Å². The van der Waals surface area contributed by atoms with E-state index in [4.69, 9.17) is 0 Å². The zero-order chi connectivity index (χ0) is 12.4. The first-order valence-corrected chi connectivity index (χ1v) is 8.51. The molecule has 2 heteroatoms. The molecule has 1 fully saturated rings. The van der Waals surface area contributed by atoms with E-state index in [-0.39, 0.29) is 0 Å². The molecule has 0 nitrogen and oxygen atoms in total. The van der Waals surface area contributed by atoms with Crippen LogP contribution in [0.5, 0.6) is 0 Å². The number of hydrogen-bond acceptors (Lipinski definition) is 2. The third kappa shape index (κ3) is 5.35. The molecule has 0 aliphatic carbocycles. The van der Waals surface area contributed by atoms with Gasteiger partial charge in [0, 0.05) is 0 Å². The number of hydrogen-bond donors (Lipinski definition) is 0. The van der Waals surface area contributed by atoms with Crippen molar-refractivity contribution in [2.24, 2.45) is 16.7 Å². The predicted octanol–water partition coefficient (Wildman–Crippen LogP) is 5.28. The summed E-state index contributed by atoms with van der Waals surface area (Å²) in [6.45, 7) is 14.2. The number of thioether (sulfide) groups is 2. The Hall–Kier alpha value is 0.700. The van der Waals surface area contributed by atoms with E-state index in [0.717, 1.165) is 10.5 Å². The van der Waals surface area contributed by atoms with Crippen LogP contribution < -0.4 is 0 Å². The standard InChI is InChI=1S/C14H28S2/c1-13(2,3)8-7-12-15-9-11(10-16-12)14(4,5)6/h11-12H,7-10H2,1-6H3/t11-,12+. The maximum atomic E-state index is 2.38. The highest BCUT2D eigenvalue weighted by molar-refractivity contribution is 8.17. The summed E-state index contributed by atoms with van der Waals surface area (Å²) in [6, 6.07) is 0. The Labute approximate surface area is 111 Å². The van der Waals surface area contributed by atoms with Crippen LogP contribution in [0.15, 0.2) is 0 Å². The first kappa shape index (κ1) is 14.8. The lowest BCUT2D eigenvalue weighted by molar-refractivity contribution is 0.292. The average molecular weight is 261 g/mol. The zero-order valence-corrected chi connectivity index (χ0v) is 13.4. The number of rotatable bonds is 2. The van der Waals surface area contributed by atoms with Crippen LogP contribution in [0.4, 0.5) is 0 Å². The van der Waals surface area contributed by atoms with Gasteiger partial charge in [-0.25, -0.2) is 0 Å². The van der Waals surface area contributed by atoms with Gasteiger partial charge < -0.3 is 0 Å². The predicted molar refractivity (Wildman–Crippen MR) is 80.3 cm³/mol. The second-order valence-corrected chi connectivity index (χ2v) is 10.0. The van der Waals surface area contributed by atoms with Crippen LogP contribution in [0.3, 0.4) is 0 Å². The van der Waals surface area contributed by atoms with E-state index in [1.54, 1.807) is 0 Å². The molecule has 1 aliphatic rings. The molecule has 0 amide bonds. The maximum Gasteiger partial charge on any atom is 0.0502 e. The fraction of sp³-hybridized carbons (Fsp3) is 1.00. The van der Waals surface area contributed by atoms with Crippen LogP contribution in [0.1, 0.15) is 54.4 Å². The van der Waals surface area contributed by atoms with Crippen molar-refractivity contribution in [3.05, 3.63) is 0 Å². The molecule has 96 valence electrons. The van der Waals surface area contributed by atoms with Crippen LogP contribution in [0, 0.1) is 16.7 Å². The topological polar surface area (TPSA) is 0 Å². The van der Waals surface area contributed by atoms with Gasteiger partial charge in [-0.3, -0.25) is 0 Å². The van der Waals surface area contributed by atoms with Gasteiger partial charge in [-0.2, -0.15) is 0 Å². The van der Waals surface area contributed by atoms with E-state index in [1.165, 1.54) is 24.3 Å². The summed E-state index contributed by atoms with van der Waals surface area (Å²) in [5.41, 5.74) is 0.997. The summed E-state index contributed by atoms with van der Waals surface area (Å²) in [5, 5.41) is 0. The van der Waals surface area contributed by atoms with E-state index in [2.05, 4.69) is 65.1 Å². The molecule has 1 rings (SSSR count). The monoisotopic (exact) mass is 260 g/mol. The van der Waals surface area contributed by atoms with Crippen LogP contribution in [0.25, 0.3) is 0 Å². The van der Waals surface area contributed by atoms with Crippen LogP contribution >= 0.6 is 23.5 Å². The van der Waals surface area contributed by atoms with Crippen LogP contribution in [-0.2, 0) is 0 Å². The average Bonchev–Trinajstić information content (AvgIpc) is 2.13. The SMILES string of the molecule is CC(C)(C)CC[C@H]1SC[C@@H](C(C)(C)C)CS1. The minimum atomic E-state index is 0.495. The van der Waals surface area contributed by atoms with E-state index < -0.39 is 0 Å². The van der Waals surface area contributed by atoms with E-state index in [1.807, 2.05) is 0 Å². The molecule has 1 heterocycles. The van der Waals surface area contributed by atoms with Crippen LogP contribution in [0.2, 0.25) is 0 Å². The molecule has 0 aromatic rings. The molecular formula is C14H28S2. The lowest BCUT2D eigenvalue weighted by Gasteiger charge is -2.36. The second-order valence-electron chi connectivity index (χ2n) is 7.26. The van der Waals surface area contributed by atoms with Gasteiger partial charge >= 0.3 is 0 Å². The fourth-order valence-electron chi connectivity index (χ4n) is 1.76. The minimum Gasteiger partial charge on any atom is -0.147 e. The van der Waals surface area contributed by atoms with Crippen molar-refractivity contribution < 1.29 is 0 Å². The molecule has 16 heavy (non-hydrogen) atoms. The Balaban J connectivity index is 2.28.